The fourth-order valence-electron chi connectivity index (χ4n) is 1.49. The third kappa shape index (κ3) is 2.75. The van der Waals surface area contributed by atoms with Crippen molar-refractivity contribution in [2.24, 2.45) is 11.8 Å². The van der Waals surface area contributed by atoms with Crippen molar-refractivity contribution in [3.63, 3.8) is 0 Å². The Morgan fingerprint density at radius 3 is 2.91 bits per heavy atom. The van der Waals surface area contributed by atoms with E-state index in [0.29, 0.717) is 12.5 Å². The topological polar surface area (TPSA) is 24.1 Å². The quantitative estimate of drug-likeness (QED) is 0.582. The van der Waals surface area contributed by atoms with Gasteiger partial charge < -0.3 is 10.6 Å². The molecular weight excluding hydrogens is 143 g/mol. The second-order valence-electron chi connectivity index (χ2n) is 3.29. The molecule has 0 aromatic rings. The van der Waals surface area contributed by atoms with E-state index in [-0.39, 0.29) is 6.67 Å². The Kier molecular flexibility index (Phi) is 3.80. The van der Waals surface area contributed by atoms with Crippen LogP contribution in [-0.4, -0.2) is 32.9 Å². The molecule has 0 radical (unpaired) electrons. The molecule has 1 heterocycles. The lowest BCUT2D eigenvalue weighted by atomic mass is 9.98. The molecule has 11 heavy (non-hydrogen) atoms. The molecule has 1 rings (SSSR count). The second kappa shape index (κ2) is 4.67. The van der Waals surface area contributed by atoms with Crippen molar-refractivity contribution in [1.82, 2.24) is 10.6 Å². The van der Waals surface area contributed by atoms with Gasteiger partial charge in [-0.25, -0.2) is 4.39 Å². The van der Waals surface area contributed by atoms with E-state index < -0.39 is 0 Å². The van der Waals surface area contributed by atoms with E-state index in [1.807, 2.05) is 0 Å². The highest BCUT2D eigenvalue weighted by molar-refractivity contribution is 4.79. The molecule has 1 aliphatic heterocycles. The lowest BCUT2D eigenvalue weighted by molar-refractivity contribution is 0.397. The molecule has 0 spiro atoms. The van der Waals surface area contributed by atoms with Crippen LogP contribution in [0.3, 0.4) is 0 Å². The minimum Gasteiger partial charge on any atom is -0.316 e. The zero-order valence-corrected chi connectivity index (χ0v) is 7.07. The van der Waals surface area contributed by atoms with Gasteiger partial charge in [0.2, 0.25) is 0 Å². The van der Waals surface area contributed by atoms with Crippen molar-refractivity contribution in [2.45, 2.75) is 6.92 Å². The lowest BCUT2D eigenvalue weighted by Gasteiger charge is -2.13. The summed E-state index contributed by atoms with van der Waals surface area (Å²) in [5.74, 6) is 1.43. The summed E-state index contributed by atoms with van der Waals surface area (Å²) >= 11 is 0. The Labute approximate surface area is 67.6 Å². The van der Waals surface area contributed by atoms with Crippen LogP contribution in [0.1, 0.15) is 6.92 Å². The van der Waals surface area contributed by atoms with Crippen LogP contribution in [0.25, 0.3) is 0 Å². The average molecular weight is 160 g/mol. The van der Waals surface area contributed by atoms with Gasteiger partial charge in [0.1, 0.15) is 6.67 Å². The summed E-state index contributed by atoms with van der Waals surface area (Å²) in [5, 5.41) is 6.41. The van der Waals surface area contributed by atoms with Gasteiger partial charge in [0.05, 0.1) is 0 Å². The Bertz CT molecular complexity index is 108. The fraction of sp³-hybridized carbons (Fsp3) is 1.00. The number of nitrogens with one attached hydrogen (secondary N) is 2. The molecule has 2 nitrogen and oxygen atoms in total. The van der Waals surface area contributed by atoms with Gasteiger partial charge in [-0.2, -0.15) is 0 Å². The normalized spacial score (nSPS) is 31.1. The minimum absolute atomic E-state index is 0.255. The van der Waals surface area contributed by atoms with Crippen molar-refractivity contribution in [2.75, 3.05) is 32.9 Å². The summed E-state index contributed by atoms with van der Waals surface area (Å²) in [7, 11) is 0. The molecule has 0 saturated carbocycles. The van der Waals surface area contributed by atoms with Gasteiger partial charge in [-0.05, 0) is 31.5 Å². The first-order chi connectivity index (χ1) is 5.34. The van der Waals surface area contributed by atoms with E-state index >= 15 is 0 Å². The first-order valence-corrected chi connectivity index (χ1v) is 4.32. The zero-order chi connectivity index (χ0) is 8.10. The molecule has 2 N–H and O–H groups in total. The van der Waals surface area contributed by atoms with Crippen LogP contribution in [0.4, 0.5) is 4.39 Å². The Hall–Kier alpha value is -0.150. The Morgan fingerprint density at radius 1 is 1.55 bits per heavy atom. The van der Waals surface area contributed by atoms with Gasteiger partial charge in [-0.15, -0.1) is 0 Å². The second-order valence-corrected chi connectivity index (χ2v) is 3.29. The molecule has 66 valence electrons. The highest BCUT2D eigenvalue weighted by atomic mass is 19.1. The van der Waals surface area contributed by atoms with Crippen molar-refractivity contribution < 1.29 is 4.39 Å². The van der Waals surface area contributed by atoms with Crippen LogP contribution < -0.4 is 10.6 Å². The molecule has 0 bridgehead atoms. The van der Waals surface area contributed by atoms with Crippen molar-refractivity contribution >= 4 is 0 Å². The maximum Gasteiger partial charge on any atom is 0.102 e. The number of hydrogen-bond acceptors (Lipinski definition) is 2. The molecule has 0 amide bonds. The Balaban J connectivity index is 2.05. The summed E-state index contributed by atoms with van der Waals surface area (Å²) in [5.41, 5.74) is 0. The first-order valence-electron chi connectivity index (χ1n) is 4.32. The summed E-state index contributed by atoms with van der Waals surface area (Å²) in [6.45, 7) is 5.64. The summed E-state index contributed by atoms with van der Waals surface area (Å²) in [4.78, 5) is 0. The summed E-state index contributed by atoms with van der Waals surface area (Å²) in [6.07, 6.45) is 0. The monoisotopic (exact) mass is 160 g/mol. The Morgan fingerprint density at radius 2 is 2.36 bits per heavy atom. The number of halogens is 1. The van der Waals surface area contributed by atoms with Crippen molar-refractivity contribution in [3.8, 4) is 0 Å². The highest BCUT2D eigenvalue weighted by Gasteiger charge is 2.21. The first kappa shape index (κ1) is 8.94. The van der Waals surface area contributed by atoms with Crippen LogP contribution in [0, 0.1) is 11.8 Å². The molecule has 1 aliphatic rings. The maximum absolute atomic E-state index is 11.7. The van der Waals surface area contributed by atoms with E-state index in [1.54, 1.807) is 0 Å². The highest BCUT2D eigenvalue weighted by Crippen LogP contribution is 2.13. The SMILES string of the molecule is CC1CNCC1CNCCF. The van der Waals surface area contributed by atoms with Gasteiger partial charge in [-0.3, -0.25) is 0 Å². The molecule has 0 aliphatic carbocycles. The van der Waals surface area contributed by atoms with E-state index in [2.05, 4.69) is 17.6 Å². The molecule has 1 saturated heterocycles. The van der Waals surface area contributed by atoms with Gasteiger partial charge in [0.15, 0.2) is 0 Å². The largest absolute Gasteiger partial charge is 0.316 e. The molecule has 2 unspecified atom stereocenters. The van der Waals surface area contributed by atoms with Crippen LogP contribution in [-0.2, 0) is 0 Å². The summed E-state index contributed by atoms with van der Waals surface area (Å²) < 4.78 is 11.7. The number of alkyl halides is 1. The van der Waals surface area contributed by atoms with E-state index in [9.17, 15) is 4.39 Å². The summed E-state index contributed by atoms with van der Waals surface area (Å²) in [6, 6.07) is 0. The van der Waals surface area contributed by atoms with Gasteiger partial charge >= 0.3 is 0 Å². The predicted molar refractivity (Wildman–Crippen MR) is 44.4 cm³/mol. The average Bonchev–Trinajstić information content (AvgIpc) is 2.37. The molecule has 3 heteroatoms. The van der Waals surface area contributed by atoms with Crippen molar-refractivity contribution in [1.29, 1.82) is 0 Å². The third-order valence-corrected chi connectivity index (χ3v) is 2.36. The van der Waals surface area contributed by atoms with E-state index in [0.717, 1.165) is 25.6 Å². The van der Waals surface area contributed by atoms with Gasteiger partial charge in [-0.1, -0.05) is 6.92 Å². The molecule has 0 aromatic carbocycles. The van der Waals surface area contributed by atoms with Crippen molar-refractivity contribution in [3.05, 3.63) is 0 Å². The minimum atomic E-state index is -0.255. The van der Waals surface area contributed by atoms with Crippen LogP contribution in [0.2, 0.25) is 0 Å². The van der Waals surface area contributed by atoms with E-state index in [4.69, 9.17) is 0 Å². The molecule has 0 aromatic heterocycles. The van der Waals surface area contributed by atoms with Gasteiger partial charge in [0, 0.05) is 6.54 Å². The van der Waals surface area contributed by atoms with Crippen LogP contribution in [0.15, 0.2) is 0 Å². The third-order valence-electron chi connectivity index (χ3n) is 2.36. The molecule has 1 fully saturated rings. The predicted octanol–water partition coefficient (Wildman–Crippen LogP) is 0.401. The number of hydrogen-bond donors (Lipinski definition) is 2. The smallest absolute Gasteiger partial charge is 0.102 e. The van der Waals surface area contributed by atoms with Crippen LogP contribution >= 0.6 is 0 Å². The lowest BCUT2D eigenvalue weighted by Crippen LogP contribution is -2.28. The van der Waals surface area contributed by atoms with E-state index in [1.165, 1.54) is 0 Å². The van der Waals surface area contributed by atoms with Gasteiger partial charge in [0.25, 0.3) is 0 Å². The van der Waals surface area contributed by atoms with Crippen LogP contribution in [0.5, 0.6) is 0 Å². The molecule has 2 atom stereocenters. The molecular formula is C8H17FN2. The number of rotatable bonds is 4. The maximum atomic E-state index is 11.7. The standard InChI is InChI=1S/C8H17FN2/c1-7-4-11-6-8(7)5-10-3-2-9/h7-8,10-11H,2-6H2,1H3. The fourth-order valence-corrected chi connectivity index (χ4v) is 1.49. The zero-order valence-electron chi connectivity index (χ0n) is 7.07.